The van der Waals surface area contributed by atoms with E-state index in [0.717, 1.165) is 11.1 Å². The molecule has 5 heteroatoms. The lowest BCUT2D eigenvalue weighted by molar-refractivity contribution is -0.148. The molecule has 0 aliphatic carbocycles. The van der Waals surface area contributed by atoms with E-state index in [0.29, 0.717) is 17.7 Å². The molecule has 0 saturated carbocycles. The van der Waals surface area contributed by atoms with E-state index in [2.05, 4.69) is 5.32 Å². The summed E-state index contributed by atoms with van der Waals surface area (Å²) in [6.45, 7) is 4.76. The Morgan fingerprint density at radius 3 is 1.92 bits per heavy atom. The van der Waals surface area contributed by atoms with Gasteiger partial charge in [-0.15, -0.1) is 0 Å². The molecule has 1 amide bonds. The molecule has 0 saturated heterocycles. The second-order valence-electron chi connectivity index (χ2n) is 6.53. The molecule has 130 valence electrons. The van der Waals surface area contributed by atoms with Gasteiger partial charge in [0.05, 0.1) is 5.41 Å². The molecule has 1 unspecified atom stereocenters. The van der Waals surface area contributed by atoms with Crippen molar-refractivity contribution in [2.45, 2.75) is 20.8 Å². The molecule has 25 heavy (non-hydrogen) atoms. The second kappa shape index (κ2) is 7.30. The van der Waals surface area contributed by atoms with Crippen LogP contribution in [0.4, 0.5) is 5.69 Å². The van der Waals surface area contributed by atoms with E-state index in [1.807, 2.05) is 24.3 Å². The van der Waals surface area contributed by atoms with Gasteiger partial charge in [-0.05, 0) is 37.1 Å². The molecule has 0 aliphatic rings. The van der Waals surface area contributed by atoms with Gasteiger partial charge in [-0.1, -0.05) is 43.3 Å². The quantitative estimate of drug-likeness (QED) is 0.593. The Hall–Kier alpha value is -2.95. The van der Waals surface area contributed by atoms with Crippen LogP contribution in [-0.2, 0) is 9.59 Å². The molecule has 2 N–H and O–H groups in total. The number of rotatable bonds is 7. The third-order valence-corrected chi connectivity index (χ3v) is 4.64. The van der Waals surface area contributed by atoms with Gasteiger partial charge < -0.3 is 10.4 Å². The Morgan fingerprint density at radius 2 is 1.48 bits per heavy atom. The number of carboxylic acids is 1. The summed E-state index contributed by atoms with van der Waals surface area (Å²) in [5, 5.41) is 11.9. The number of carbonyl (C=O) groups is 3. The molecule has 0 spiro atoms. The van der Waals surface area contributed by atoms with Crippen LogP contribution in [0.1, 0.15) is 31.1 Å². The smallest absolute Gasteiger partial charge is 0.309 e. The van der Waals surface area contributed by atoms with E-state index in [9.17, 15) is 19.5 Å². The number of anilines is 1. The van der Waals surface area contributed by atoms with Gasteiger partial charge in [-0.3, -0.25) is 14.4 Å². The Bertz CT molecular complexity index is 776. The van der Waals surface area contributed by atoms with Crippen molar-refractivity contribution in [2.24, 2.45) is 11.3 Å². The largest absolute Gasteiger partial charge is 0.481 e. The molecule has 0 bridgehead atoms. The lowest BCUT2D eigenvalue weighted by Gasteiger charge is -2.26. The number of aliphatic carboxylic acids is 1. The van der Waals surface area contributed by atoms with Crippen LogP contribution in [0.25, 0.3) is 11.1 Å². The van der Waals surface area contributed by atoms with Crippen LogP contribution in [0.15, 0.2) is 48.5 Å². The third kappa shape index (κ3) is 3.94. The van der Waals surface area contributed by atoms with E-state index >= 15 is 0 Å². The minimum Gasteiger partial charge on any atom is -0.481 e. The Labute approximate surface area is 146 Å². The molecule has 2 aromatic carbocycles. The molecule has 0 heterocycles. The zero-order chi connectivity index (χ0) is 18.6. The van der Waals surface area contributed by atoms with Crippen molar-refractivity contribution >= 4 is 23.9 Å². The van der Waals surface area contributed by atoms with Crippen LogP contribution in [0, 0.1) is 11.3 Å². The number of hydrogen-bond acceptors (Lipinski definition) is 3. The van der Waals surface area contributed by atoms with Gasteiger partial charge >= 0.3 is 5.97 Å². The average Bonchev–Trinajstić information content (AvgIpc) is 2.61. The number of amides is 1. The zero-order valence-corrected chi connectivity index (χ0v) is 14.4. The Balaban J connectivity index is 2.20. The highest BCUT2D eigenvalue weighted by atomic mass is 16.4. The second-order valence-corrected chi connectivity index (χ2v) is 6.53. The van der Waals surface area contributed by atoms with Crippen LogP contribution in [0.2, 0.25) is 0 Å². The molecule has 0 aromatic heterocycles. The first-order valence-electron chi connectivity index (χ1n) is 7.95. The minimum atomic E-state index is -1.13. The number of ketones is 1. The van der Waals surface area contributed by atoms with E-state index < -0.39 is 17.3 Å². The van der Waals surface area contributed by atoms with Crippen LogP contribution >= 0.6 is 0 Å². The Morgan fingerprint density at radius 1 is 1.00 bits per heavy atom. The van der Waals surface area contributed by atoms with Crippen molar-refractivity contribution in [3.63, 3.8) is 0 Å². The van der Waals surface area contributed by atoms with Crippen molar-refractivity contribution in [1.29, 1.82) is 0 Å². The number of nitrogens with one attached hydrogen (secondary N) is 1. The highest BCUT2D eigenvalue weighted by Crippen LogP contribution is 2.30. The fourth-order valence-electron chi connectivity index (χ4n) is 2.42. The highest BCUT2D eigenvalue weighted by molar-refractivity contribution is 6.00. The maximum atomic E-state index is 12.6. The molecule has 1 atom stereocenters. The van der Waals surface area contributed by atoms with Gasteiger partial charge in [0.2, 0.25) is 6.41 Å². The zero-order valence-electron chi connectivity index (χ0n) is 14.4. The SMILES string of the molecule is CC(C(=O)c1ccc(-c2ccc(NC=O)cc2)cc1)C(C)(C)C(=O)O. The molecule has 5 nitrogen and oxygen atoms in total. The van der Waals surface area contributed by atoms with Crippen molar-refractivity contribution in [3.05, 3.63) is 54.1 Å². The van der Waals surface area contributed by atoms with Gasteiger partial charge in [-0.25, -0.2) is 0 Å². The number of benzene rings is 2. The van der Waals surface area contributed by atoms with Gasteiger partial charge in [0, 0.05) is 17.2 Å². The average molecular weight is 339 g/mol. The van der Waals surface area contributed by atoms with Gasteiger partial charge in [-0.2, -0.15) is 0 Å². The van der Waals surface area contributed by atoms with E-state index in [1.54, 1.807) is 45.0 Å². The number of hydrogen-bond donors (Lipinski definition) is 2. The fraction of sp³-hybridized carbons (Fsp3) is 0.250. The predicted octanol–water partition coefficient (Wildman–Crippen LogP) is 3.85. The predicted molar refractivity (Wildman–Crippen MR) is 96.5 cm³/mol. The molecular weight excluding hydrogens is 318 g/mol. The molecule has 0 fully saturated rings. The summed E-state index contributed by atoms with van der Waals surface area (Å²) in [5.41, 5.74) is 1.95. The summed E-state index contributed by atoms with van der Waals surface area (Å²) < 4.78 is 0. The van der Waals surface area contributed by atoms with E-state index in [4.69, 9.17) is 0 Å². The summed E-state index contributed by atoms with van der Waals surface area (Å²) in [7, 11) is 0. The monoisotopic (exact) mass is 339 g/mol. The van der Waals surface area contributed by atoms with Crippen LogP contribution < -0.4 is 5.32 Å². The van der Waals surface area contributed by atoms with Crippen molar-refractivity contribution in [3.8, 4) is 11.1 Å². The van der Waals surface area contributed by atoms with Crippen LogP contribution in [-0.4, -0.2) is 23.3 Å². The molecule has 2 rings (SSSR count). The molecular formula is C20H21NO4. The summed E-state index contributed by atoms with van der Waals surface area (Å²) >= 11 is 0. The maximum Gasteiger partial charge on any atom is 0.309 e. The van der Waals surface area contributed by atoms with Crippen LogP contribution in [0.5, 0.6) is 0 Å². The maximum absolute atomic E-state index is 12.6. The van der Waals surface area contributed by atoms with Crippen LogP contribution in [0.3, 0.4) is 0 Å². The van der Waals surface area contributed by atoms with Crippen molar-refractivity contribution in [1.82, 2.24) is 0 Å². The lowest BCUT2D eigenvalue weighted by Crippen LogP contribution is -2.36. The van der Waals surface area contributed by atoms with E-state index in [1.165, 1.54) is 0 Å². The molecule has 2 aromatic rings. The first-order valence-corrected chi connectivity index (χ1v) is 7.95. The van der Waals surface area contributed by atoms with Gasteiger partial charge in [0.25, 0.3) is 0 Å². The fourth-order valence-corrected chi connectivity index (χ4v) is 2.42. The standard InChI is InChI=1S/C20H21NO4/c1-13(20(2,3)19(24)25)18(23)16-6-4-14(5-7-16)15-8-10-17(11-9-15)21-12-22/h4-13H,1-3H3,(H,21,22)(H,24,25). The van der Waals surface area contributed by atoms with Gasteiger partial charge in [0.1, 0.15) is 0 Å². The number of carboxylic acid groups (broad SMARTS) is 1. The topological polar surface area (TPSA) is 83.5 Å². The number of carbonyl (C=O) groups excluding carboxylic acids is 2. The summed E-state index contributed by atoms with van der Waals surface area (Å²) in [6, 6.07) is 14.4. The van der Waals surface area contributed by atoms with Crippen molar-refractivity contribution in [2.75, 3.05) is 5.32 Å². The lowest BCUT2D eigenvalue weighted by atomic mass is 9.76. The first-order chi connectivity index (χ1) is 11.8. The van der Waals surface area contributed by atoms with E-state index in [-0.39, 0.29) is 5.78 Å². The summed E-state index contributed by atoms with van der Waals surface area (Å²) in [5.74, 6) is -1.82. The first kappa shape index (κ1) is 18.4. The normalized spacial score (nSPS) is 12.3. The van der Waals surface area contributed by atoms with Gasteiger partial charge in [0.15, 0.2) is 5.78 Å². The molecule has 0 aliphatic heterocycles. The van der Waals surface area contributed by atoms with Crippen molar-refractivity contribution < 1.29 is 19.5 Å². The third-order valence-electron chi connectivity index (χ3n) is 4.64. The Kier molecular flexibility index (Phi) is 5.37. The summed E-state index contributed by atoms with van der Waals surface area (Å²) in [4.78, 5) is 34.3. The highest BCUT2D eigenvalue weighted by Gasteiger charge is 2.38. The molecule has 0 radical (unpaired) electrons. The minimum absolute atomic E-state index is 0.190. The summed E-state index contributed by atoms with van der Waals surface area (Å²) in [6.07, 6.45) is 0.620. The number of Topliss-reactive ketones (excluding diaryl/α,β-unsaturated/α-hetero) is 1.